The van der Waals surface area contributed by atoms with Crippen molar-refractivity contribution in [1.29, 1.82) is 0 Å². The zero-order valence-corrected chi connectivity index (χ0v) is 18.5. The number of carbonyl (C=O) groups is 1. The molecule has 32 heavy (non-hydrogen) atoms. The number of carbonyl (C=O) groups excluding carboxylic acids is 1. The molecule has 2 aliphatic rings. The molecule has 9 nitrogen and oxygen atoms in total. The topological polar surface area (TPSA) is 99.3 Å². The highest BCUT2D eigenvalue weighted by Gasteiger charge is 2.36. The molecule has 1 saturated heterocycles. The Morgan fingerprint density at radius 3 is 2.91 bits per heavy atom. The number of morpholine rings is 1. The molecule has 1 amide bonds. The Morgan fingerprint density at radius 1 is 1.22 bits per heavy atom. The van der Waals surface area contributed by atoms with E-state index < -0.39 is 0 Å². The lowest BCUT2D eigenvalue weighted by atomic mass is 9.87. The molecule has 5 rings (SSSR count). The Balaban J connectivity index is 1.41. The molecule has 0 saturated carbocycles. The lowest BCUT2D eigenvalue weighted by Gasteiger charge is -2.42. The summed E-state index contributed by atoms with van der Waals surface area (Å²) in [5.74, 6) is 0.821. The van der Waals surface area contributed by atoms with Crippen LogP contribution >= 0.6 is 0 Å². The van der Waals surface area contributed by atoms with E-state index in [-0.39, 0.29) is 18.0 Å². The summed E-state index contributed by atoms with van der Waals surface area (Å²) in [5, 5.41) is 3.52. The number of hydrogen-bond donors (Lipinski definition) is 2. The summed E-state index contributed by atoms with van der Waals surface area (Å²) in [7, 11) is 0. The van der Waals surface area contributed by atoms with Crippen LogP contribution < -0.4 is 5.32 Å². The Kier molecular flexibility index (Phi) is 5.75. The fourth-order valence-corrected chi connectivity index (χ4v) is 4.81. The molecule has 0 spiro atoms. The molecule has 9 heteroatoms. The highest BCUT2D eigenvalue weighted by Crippen LogP contribution is 2.29. The third-order valence-electron chi connectivity index (χ3n) is 6.59. The number of anilines is 1. The highest BCUT2D eigenvalue weighted by molar-refractivity contribution is 5.98. The second-order valence-corrected chi connectivity index (χ2v) is 8.59. The second-order valence-electron chi connectivity index (χ2n) is 8.59. The van der Waals surface area contributed by atoms with Crippen LogP contribution in [0.1, 0.15) is 28.4 Å². The first-order valence-corrected chi connectivity index (χ1v) is 11.2. The summed E-state index contributed by atoms with van der Waals surface area (Å²) in [6.07, 6.45) is 3.93. The summed E-state index contributed by atoms with van der Waals surface area (Å²) in [6, 6.07) is 6.13. The van der Waals surface area contributed by atoms with E-state index in [1.807, 2.05) is 24.0 Å². The van der Waals surface area contributed by atoms with E-state index in [2.05, 4.69) is 43.1 Å². The minimum Gasteiger partial charge on any atom is -0.379 e. The van der Waals surface area contributed by atoms with Gasteiger partial charge in [0.05, 0.1) is 25.6 Å². The second kappa shape index (κ2) is 8.84. The average Bonchev–Trinajstić information content (AvgIpc) is 3.29. The molecule has 0 aliphatic carbocycles. The van der Waals surface area contributed by atoms with Crippen LogP contribution in [0.2, 0.25) is 0 Å². The lowest BCUT2D eigenvalue weighted by Crippen LogP contribution is -2.55. The standard InChI is InChI=1S/C23H29N7O2/c1-15-4-3-5-17-12-18(16(2)28-22-20-21(25-13-24-20)26-14-27-22)30(23(31)19(15)17)7-6-29-8-10-32-11-9-29/h3-5,13-14,16,18H,6-12H2,1-2H3,(H2,24,25,26,27,28). The number of amides is 1. The summed E-state index contributed by atoms with van der Waals surface area (Å²) in [6.45, 7) is 9.00. The van der Waals surface area contributed by atoms with Gasteiger partial charge in [-0.2, -0.15) is 0 Å². The Morgan fingerprint density at radius 2 is 2.06 bits per heavy atom. The van der Waals surface area contributed by atoms with Crippen LogP contribution in [0.5, 0.6) is 0 Å². The number of benzene rings is 1. The Hall–Kier alpha value is -3.04. The van der Waals surface area contributed by atoms with Crippen LogP contribution in [-0.2, 0) is 11.2 Å². The van der Waals surface area contributed by atoms with E-state index >= 15 is 0 Å². The fraction of sp³-hybridized carbons (Fsp3) is 0.478. The third-order valence-corrected chi connectivity index (χ3v) is 6.59. The number of fused-ring (bicyclic) bond motifs is 2. The van der Waals surface area contributed by atoms with Gasteiger partial charge < -0.3 is 19.9 Å². The molecule has 0 bridgehead atoms. The van der Waals surface area contributed by atoms with Crippen LogP contribution in [0.15, 0.2) is 30.9 Å². The van der Waals surface area contributed by atoms with Crippen LogP contribution in [0.4, 0.5) is 5.82 Å². The summed E-state index contributed by atoms with van der Waals surface area (Å²) < 4.78 is 5.48. The van der Waals surface area contributed by atoms with Crippen molar-refractivity contribution < 1.29 is 9.53 Å². The van der Waals surface area contributed by atoms with E-state index in [0.717, 1.165) is 61.5 Å². The summed E-state index contributed by atoms with van der Waals surface area (Å²) in [5.41, 5.74) is 4.41. The van der Waals surface area contributed by atoms with Gasteiger partial charge in [0.2, 0.25) is 0 Å². The van der Waals surface area contributed by atoms with Gasteiger partial charge in [-0.15, -0.1) is 0 Å². The van der Waals surface area contributed by atoms with E-state index in [4.69, 9.17) is 4.74 Å². The van der Waals surface area contributed by atoms with Gasteiger partial charge in [0.25, 0.3) is 5.91 Å². The number of aromatic nitrogens is 4. The molecule has 2 atom stereocenters. The largest absolute Gasteiger partial charge is 0.379 e. The van der Waals surface area contributed by atoms with E-state index in [9.17, 15) is 4.79 Å². The monoisotopic (exact) mass is 435 g/mol. The number of aromatic amines is 1. The molecule has 0 radical (unpaired) electrons. The molecular weight excluding hydrogens is 406 g/mol. The molecule has 2 N–H and O–H groups in total. The van der Waals surface area contributed by atoms with Crippen molar-refractivity contribution in [2.45, 2.75) is 32.4 Å². The number of nitrogens with one attached hydrogen (secondary N) is 2. The van der Waals surface area contributed by atoms with Crippen LogP contribution in [0.3, 0.4) is 0 Å². The number of nitrogens with zero attached hydrogens (tertiary/aromatic N) is 5. The van der Waals surface area contributed by atoms with Gasteiger partial charge in [0.1, 0.15) is 11.8 Å². The molecule has 2 aromatic heterocycles. The molecular formula is C23H29N7O2. The van der Waals surface area contributed by atoms with E-state index in [1.54, 1.807) is 6.33 Å². The molecule has 168 valence electrons. The number of hydrogen-bond acceptors (Lipinski definition) is 7. The maximum absolute atomic E-state index is 13.7. The van der Waals surface area contributed by atoms with Crippen LogP contribution in [0.25, 0.3) is 11.2 Å². The number of H-pyrrole nitrogens is 1. The molecule has 4 heterocycles. The van der Waals surface area contributed by atoms with Crippen molar-refractivity contribution in [2.24, 2.45) is 0 Å². The smallest absolute Gasteiger partial charge is 0.254 e. The normalized spacial score (nSPS) is 20.4. The zero-order chi connectivity index (χ0) is 22.1. The zero-order valence-electron chi connectivity index (χ0n) is 18.5. The maximum atomic E-state index is 13.7. The summed E-state index contributed by atoms with van der Waals surface area (Å²) in [4.78, 5) is 34.0. The molecule has 2 aliphatic heterocycles. The first kappa shape index (κ1) is 20.8. The first-order chi connectivity index (χ1) is 15.6. The minimum atomic E-state index is -0.0151. The van der Waals surface area contributed by atoms with Gasteiger partial charge in [-0.1, -0.05) is 18.2 Å². The summed E-state index contributed by atoms with van der Waals surface area (Å²) >= 11 is 0. The van der Waals surface area contributed by atoms with Gasteiger partial charge >= 0.3 is 0 Å². The maximum Gasteiger partial charge on any atom is 0.254 e. The van der Waals surface area contributed by atoms with Crippen molar-refractivity contribution in [3.63, 3.8) is 0 Å². The predicted octanol–water partition coefficient (Wildman–Crippen LogP) is 1.86. The van der Waals surface area contributed by atoms with Gasteiger partial charge in [0.15, 0.2) is 11.5 Å². The molecule has 1 fully saturated rings. The third kappa shape index (κ3) is 3.93. The van der Waals surface area contributed by atoms with Crippen molar-refractivity contribution in [1.82, 2.24) is 29.7 Å². The van der Waals surface area contributed by atoms with Gasteiger partial charge in [-0.25, -0.2) is 15.0 Å². The van der Waals surface area contributed by atoms with Gasteiger partial charge in [-0.05, 0) is 31.4 Å². The van der Waals surface area contributed by atoms with Crippen molar-refractivity contribution >= 4 is 22.9 Å². The fourth-order valence-electron chi connectivity index (χ4n) is 4.81. The van der Waals surface area contributed by atoms with Crippen molar-refractivity contribution in [3.8, 4) is 0 Å². The Bertz CT molecular complexity index is 1110. The van der Waals surface area contributed by atoms with Crippen LogP contribution in [-0.4, -0.2) is 87.1 Å². The SMILES string of the molecule is Cc1cccc2c1C(=O)N(CCN1CCOCC1)C(C(C)Nc1ncnc3nc[nH]c13)C2. The highest BCUT2D eigenvalue weighted by atomic mass is 16.5. The molecule has 1 aromatic carbocycles. The lowest BCUT2D eigenvalue weighted by molar-refractivity contribution is 0.0281. The number of ether oxygens (including phenoxy) is 1. The first-order valence-electron chi connectivity index (χ1n) is 11.2. The predicted molar refractivity (Wildman–Crippen MR) is 122 cm³/mol. The number of imidazole rings is 1. The van der Waals surface area contributed by atoms with Crippen molar-refractivity contribution in [3.05, 3.63) is 47.5 Å². The molecule has 2 unspecified atom stereocenters. The number of rotatable bonds is 6. The molecule has 3 aromatic rings. The van der Waals surface area contributed by atoms with Crippen LogP contribution in [0, 0.1) is 6.92 Å². The quantitative estimate of drug-likeness (QED) is 0.610. The Labute approximate surface area is 187 Å². The van der Waals surface area contributed by atoms with E-state index in [1.165, 1.54) is 6.33 Å². The minimum absolute atomic E-state index is 0.00535. The van der Waals surface area contributed by atoms with Gasteiger partial charge in [-0.3, -0.25) is 9.69 Å². The average molecular weight is 436 g/mol. The number of aryl methyl sites for hydroxylation is 1. The van der Waals surface area contributed by atoms with Gasteiger partial charge in [0, 0.05) is 37.8 Å². The van der Waals surface area contributed by atoms with Crippen molar-refractivity contribution in [2.75, 3.05) is 44.7 Å². The van der Waals surface area contributed by atoms with E-state index in [0.29, 0.717) is 18.0 Å².